The second-order valence-electron chi connectivity index (χ2n) is 5.82. The van der Waals surface area contributed by atoms with Gasteiger partial charge in [0.05, 0.1) is 0 Å². The van der Waals surface area contributed by atoms with Gasteiger partial charge in [0.1, 0.15) is 5.82 Å². The van der Waals surface area contributed by atoms with Gasteiger partial charge < -0.3 is 10.6 Å². The predicted molar refractivity (Wildman–Crippen MR) is 88.7 cm³/mol. The zero-order valence-corrected chi connectivity index (χ0v) is 12.8. The van der Waals surface area contributed by atoms with Gasteiger partial charge in [-0.25, -0.2) is 9.18 Å². The first-order valence-corrected chi connectivity index (χ1v) is 7.78. The molecule has 1 atom stereocenters. The monoisotopic (exact) mass is 313 g/mol. The van der Waals surface area contributed by atoms with E-state index in [9.17, 15) is 9.18 Å². The van der Waals surface area contributed by atoms with Crippen molar-refractivity contribution in [2.24, 2.45) is 0 Å². The van der Waals surface area contributed by atoms with E-state index in [0.717, 1.165) is 26.1 Å². The lowest BCUT2D eigenvalue weighted by atomic mass is 10.2. The van der Waals surface area contributed by atoms with E-state index in [-0.39, 0.29) is 17.9 Å². The SMILES string of the molecule is O=C(Nc1cccc(F)c1)NC1CCN(Cc2ccccc2)C1. The van der Waals surface area contributed by atoms with Crippen LogP contribution in [0.15, 0.2) is 54.6 Å². The molecule has 1 saturated heterocycles. The van der Waals surface area contributed by atoms with Crippen molar-refractivity contribution >= 4 is 11.7 Å². The molecule has 0 aliphatic carbocycles. The lowest BCUT2D eigenvalue weighted by Crippen LogP contribution is -2.39. The van der Waals surface area contributed by atoms with Gasteiger partial charge in [-0.3, -0.25) is 4.90 Å². The number of nitrogens with one attached hydrogen (secondary N) is 2. The van der Waals surface area contributed by atoms with Gasteiger partial charge in [-0.15, -0.1) is 0 Å². The van der Waals surface area contributed by atoms with E-state index in [2.05, 4.69) is 27.7 Å². The van der Waals surface area contributed by atoms with Gasteiger partial charge in [0.25, 0.3) is 0 Å². The minimum Gasteiger partial charge on any atom is -0.334 e. The third-order valence-electron chi connectivity index (χ3n) is 3.94. The summed E-state index contributed by atoms with van der Waals surface area (Å²) >= 11 is 0. The highest BCUT2D eigenvalue weighted by Crippen LogP contribution is 2.14. The average Bonchev–Trinajstić information content (AvgIpc) is 2.95. The molecule has 0 bridgehead atoms. The van der Waals surface area contributed by atoms with Crippen LogP contribution in [0.1, 0.15) is 12.0 Å². The van der Waals surface area contributed by atoms with Crippen LogP contribution in [0.25, 0.3) is 0 Å². The van der Waals surface area contributed by atoms with Gasteiger partial charge in [-0.2, -0.15) is 0 Å². The van der Waals surface area contributed by atoms with Crippen LogP contribution in [-0.2, 0) is 6.54 Å². The van der Waals surface area contributed by atoms with E-state index in [1.54, 1.807) is 12.1 Å². The van der Waals surface area contributed by atoms with E-state index in [0.29, 0.717) is 5.69 Å². The van der Waals surface area contributed by atoms with Crippen molar-refractivity contribution in [1.29, 1.82) is 0 Å². The molecular weight excluding hydrogens is 293 g/mol. The molecule has 1 aliphatic heterocycles. The van der Waals surface area contributed by atoms with Crippen molar-refractivity contribution in [2.75, 3.05) is 18.4 Å². The third kappa shape index (κ3) is 4.53. The van der Waals surface area contributed by atoms with Crippen molar-refractivity contribution in [3.8, 4) is 0 Å². The molecule has 1 aliphatic rings. The Bertz CT molecular complexity index is 662. The molecule has 3 rings (SSSR count). The number of rotatable bonds is 4. The largest absolute Gasteiger partial charge is 0.334 e. The molecule has 0 aromatic heterocycles. The molecule has 0 spiro atoms. The van der Waals surface area contributed by atoms with Gasteiger partial charge in [-0.1, -0.05) is 36.4 Å². The first-order chi connectivity index (χ1) is 11.2. The van der Waals surface area contributed by atoms with Crippen LogP contribution in [0.3, 0.4) is 0 Å². The molecule has 0 saturated carbocycles. The van der Waals surface area contributed by atoms with E-state index >= 15 is 0 Å². The van der Waals surface area contributed by atoms with Gasteiger partial charge in [0, 0.05) is 31.4 Å². The zero-order valence-electron chi connectivity index (χ0n) is 12.8. The standard InChI is InChI=1S/C18H20FN3O/c19-15-7-4-8-16(11-15)20-18(23)21-17-9-10-22(13-17)12-14-5-2-1-3-6-14/h1-8,11,17H,9-10,12-13H2,(H2,20,21,23). The maximum atomic E-state index is 13.1. The molecule has 1 heterocycles. The Labute approximate surface area is 135 Å². The number of carbonyl (C=O) groups is 1. The number of amides is 2. The Hall–Kier alpha value is -2.40. The summed E-state index contributed by atoms with van der Waals surface area (Å²) in [6.07, 6.45) is 0.920. The first-order valence-electron chi connectivity index (χ1n) is 7.78. The van der Waals surface area contributed by atoms with Crippen molar-refractivity contribution in [1.82, 2.24) is 10.2 Å². The Morgan fingerprint density at radius 2 is 2.00 bits per heavy atom. The minimum absolute atomic E-state index is 0.118. The highest BCUT2D eigenvalue weighted by atomic mass is 19.1. The smallest absolute Gasteiger partial charge is 0.319 e. The van der Waals surface area contributed by atoms with Crippen molar-refractivity contribution < 1.29 is 9.18 Å². The highest BCUT2D eigenvalue weighted by molar-refractivity contribution is 5.89. The molecule has 4 nitrogen and oxygen atoms in total. The summed E-state index contributed by atoms with van der Waals surface area (Å²) in [5, 5.41) is 5.61. The van der Waals surface area contributed by atoms with Crippen LogP contribution in [0.5, 0.6) is 0 Å². The van der Waals surface area contributed by atoms with Crippen LogP contribution < -0.4 is 10.6 Å². The number of carbonyl (C=O) groups excluding carboxylic acids is 1. The van der Waals surface area contributed by atoms with Crippen molar-refractivity contribution in [3.05, 3.63) is 66.0 Å². The number of benzene rings is 2. The lowest BCUT2D eigenvalue weighted by Gasteiger charge is -2.17. The predicted octanol–water partition coefficient (Wildman–Crippen LogP) is 3.22. The summed E-state index contributed by atoms with van der Waals surface area (Å²) in [5.41, 5.74) is 1.74. The molecule has 1 fully saturated rings. The molecule has 2 N–H and O–H groups in total. The van der Waals surface area contributed by atoms with E-state index in [4.69, 9.17) is 0 Å². The van der Waals surface area contributed by atoms with Gasteiger partial charge in [0.15, 0.2) is 0 Å². The Morgan fingerprint density at radius 3 is 2.78 bits per heavy atom. The van der Waals surface area contributed by atoms with E-state index in [1.165, 1.54) is 17.7 Å². The fourth-order valence-electron chi connectivity index (χ4n) is 2.85. The number of likely N-dealkylation sites (tertiary alicyclic amines) is 1. The average molecular weight is 313 g/mol. The number of halogens is 1. The quantitative estimate of drug-likeness (QED) is 0.910. The first kappa shape index (κ1) is 15.5. The molecule has 5 heteroatoms. The summed E-state index contributed by atoms with van der Waals surface area (Å²) in [4.78, 5) is 14.3. The normalized spacial score (nSPS) is 17.9. The summed E-state index contributed by atoms with van der Waals surface area (Å²) in [6.45, 7) is 2.68. The van der Waals surface area contributed by atoms with Gasteiger partial charge in [-0.05, 0) is 30.2 Å². The van der Waals surface area contributed by atoms with Gasteiger partial charge >= 0.3 is 6.03 Å². The second kappa shape index (κ2) is 7.24. The topological polar surface area (TPSA) is 44.4 Å². The maximum absolute atomic E-state index is 13.1. The summed E-state index contributed by atoms with van der Waals surface area (Å²) in [7, 11) is 0. The van der Waals surface area contributed by atoms with Crippen LogP contribution in [-0.4, -0.2) is 30.1 Å². The molecule has 2 aromatic rings. The molecule has 120 valence electrons. The Morgan fingerprint density at radius 1 is 1.17 bits per heavy atom. The third-order valence-corrected chi connectivity index (χ3v) is 3.94. The zero-order chi connectivity index (χ0) is 16.1. The fraction of sp³-hybridized carbons (Fsp3) is 0.278. The summed E-state index contributed by atoms with van der Waals surface area (Å²) in [5.74, 6) is -0.363. The van der Waals surface area contributed by atoms with Crippen LogP contribution in [0, 0.1) is 5.82 Å². The number of urea groups is 1. The van der Waals surface area contributed by atoms with Crippen LogP contribution in [0.2, 0.25) is 0 Å². The Kier molecular flexibility index (Phi) is 4.88. The highest BCUT2D eigenvalue weighted by Gasteiger charge is 2.23. The molecule has 2 amide bonds. The summed E-state index contributed by atoms with van der Waals surface area (Å²) < 4.78 is 13.1. The minimum atomic E-state index is -0.363. The second-order valence-corrected chi connectivity index (χ2v) is 5.82. The van der Waals surface area contributed by atoms with Crippen LogP contribution in [0.4, 0.5) is 14.9 Å². The molecule has 23 heavy (non-hydrogen) atoms. The number of anilines is 1. The van der Waals surface area contributed by atoms with Crippen molar-refractivity contribution in [2.45, 2.75) is 19.0 Å². The van der Waals surface area contributed by atoms with E-state index < -0.39 is 0 Å². The maximum Gasteiger partial charge on any atom is 0.319 e. The van der Waals surface area contributed by atoms with E-state index in [1.807, 2.05) is 18.2 Å². The molecule has 1 unspecified atom stereocenters. The number of nitrogens with zero attached hydrogens (tertiary/aromatic N) is 1. The Balaban J connectivity index is 1.47. The van der Waals surface area contributed by atoms with Crippen LogP contribution >= 0.6 is 0 Å². The summed E-state index contributed by atoms with van der Waals surface area (Å²) in [6, 6.07) is 16.0. The van der Waals surface area contributed by atoms with Gasteiger partial charge in [0.2, 0.25) is 0 Å². The lowest BCUT2D eigenvalue weighted by molar-refractivity contribution is 0.247. The molecule has 0 radical (unpaired) electrons. The van der Waals surface area contributed by atoms with Crippen molar-refractivity contribution in [3.63, 3.8) is 0 Å². The molecule has 2 aromatic carbocycles. The number of hydrogen-bond acceptors (Lipinski definition) is 2. The molecular formula is C18H20FN3O. The fourth-order valence-corrected chi connectivity index (χ4v) is 2.85. The number of hydrogen-bond donors (Lipinski definition) is 2.